The summed E-state index contributed by atoms with van der Waals surface area (Å²) < 4.78 is 0. The van der Waals surface area contributed by atoms with Gasteiger partial charge in [-0.25, -0.2) is 5.43 Å². The fourth-order valence-electron chi connectivity index (χ4n) is 2.55. The molecule has 0 saturated heterocycles. The van der Waals surface area contributed by atoms with Crippen molar-refractivity contribution in [1.29, 1.82) is 0 Å². The summed E-state index contributed by atoms with van der Waals surface area (Å²) in [4.78, 5) is 36.1. The normalized spacial score (nSPS) is 11.2. The van der Waals surface area contributed by atoms with Crippen molar-refractivity contribution >= 4 is 46.4 Å². The molecule has 2 aromatic carbocycles. The van der Waals surface area contributed by atoms with Gasteiger partial charge < -0.3 is 10.6 Å². The minimum absolute atomic E-state index is 0.0266. The van der Waals surface area contributed by atoms with E-state index in [1.165, 1.54) is 5.56 Å². The first-order valence-electron chi connectivity index (χ1n) is 9.46. The van der Waals surface area contributed by atoms with Gasteiger partial charge >= 0.3 is 11.8 Å². The molecule has 0 spiro atoms. The van der Waals surface area contributed by atoms with Gasteiger partial charge in [0.25, 0.3) is 0 Å². The Bertz CT molecular complexity index is 969. The molecule has 8 heteroatoms. The number of nitrogens with zero attached hydrogens (tertiary/aromatic N) is 1. The van der Waals surface area contributed by atoms with Crippen molar-refractivity contribution in [3.05, 3.63) is 58.6 Å². The molecule has 0 unspecified atom stereocenters. The highest BCUT2D eigenvalue weighted by Crippen LogP contribution is 2.22. The summed E-state index contributed by atoms with van der Waals surface area (Å²) in [6, 6.07) is 12.6. The van der Waals surface area contributed by atoms with Crippen molar-refractivity contribution in [2.24, 2.45) is 5.10 Å². The van der Waals surface area contributed by atoms with Crippen LogP contribution in [0.5, 0.6) is 0 Å². The van der Waals surface area contributed by atoms with E-state index in [1.807, 2.05) is 24.3 Å². The van der Waals surface area contributed by atoms with Gasteiger partial charge in [-0.05, 0) is 55.2 Å². The largest absolute Gasteiger partial charge is 0.329 e. The maximum atomic E-state index is 12.1. The Balaban J connectivity index is 1.86. The Hall–Kier alpha value is -3.19. The highest BCUT2D eigenvalue weighted by molar-refractivity contribution is 6.40. The van der Waals surface area contributed by atoms with E-state index >= 15 is 0 Å². The summed E-state index contributed by atoms with van der Waals surface area (Å²) in [7, 11) is 0. The Morgan fingerprint density at radius 2 is 1.67 bits per heavy atom. The number of carbonyl (C=O) groups is 3. The molecule has 0 radical (unpaired) electrons. The lowest BCUT2D eigenvalue weighted by Gasteiger charge is -2.09. The van der Waals surface area contributed by atoms with Crippen LogP contribution in [0.25, 0.3) is 0 Å². The zero-order chi connectivity index (χ0) is 22.3. The quantitative estimate of drug-likeness (QED) is 0.364. The van der Waals surface area contributed by atoms with Gasteiger partial charge in [0, 0.05) is 22.1 Å². The molecule has 158 valence electrons. The number of hydrazone groups is 1. The summed E-state index contributed by atoms with van der Waals surface area (Å²) in [5.41, 5.74) is 5.45. The second-order valence-corrected chi connectivity index (χ2v) is 7.56. The first kappa shape index (κ1) is 23.1. The second-order valence-electron chi connectivity index (χ2n) is 7.16. The highest BCUT2D eigenvalue weighted by atomic mass is 35.5. The Kier molecular flexibility index (Phi) is 8.12. The third kappa shape index (κ3) is 6.70. The van der Waals surface area contributed by atoms with E-state index in [0.717, 1.165) is 0 Å². The van der Waals surface area contributed by atoms with Gasteiger partial charge in [-0.3, -0.25) is 14.4 Å². The van der Waals surface area contributed by atoms with Crippen LogP contribution in [0.15, 0.2) is 47.6 Å². The number of benzene rings is 2. The van der Waals surface area contributed by atoms with E-state index in [-0.39, 0.29) is 12.3 Å². The summed E-state index contributed by atoms with van der Waals surface area (Å²) >= 11 is 6.00. The van der Waals surface area contributed by atoms with Crippen molar-refractivity contribution in [1.82, 2.24) is 5.43 Å². The fourth-order valence-corrected chi connectivity index (χ4v) is 2.72. The molecule has 0 aliphatic heterocycles. The number of hydrogen-bond acceptors (Lipinski definition) is 4. The van der Waals surface area contributed by atoms with Crippen LogP contribution >= 0.6 is 11.6 Å². The van der Waals surface area contributed by atoms with Gasteiger partial charge in [0.2, 0.25) is 5.91 Å². The number of hydrogen-bond donors (Lipinski definition) is 3. The van der Waals surface area contributed by atoms with Crippen LogP contribution in [-0.4, -0.2) is 23.4 Å². The van der Waals surface area contributed by atoms with Crippen molar-refractivity contribution in [3.63, 3.8) is 0 Å². The fraction of sp³-hybridized carbons (Fsp3) is 0.273. The number of halogens is 1. The Morgan fingerprint density at radius 1 is 1.00 bits per heavy atom. The first-order valence-corrected chi connectivity index (χ1v) is 9.84. The maximum Gasteiger partial charge on any atom is 0.329 e. The lowest BCUT2D eigenvalue weighted by Crippen LogP contribution is -2.33. The molecule has 7 nitrogen and oxygen atoms in total. The highest BCUT2D eigenvalue weighted by Gasteiger charge is 2.15. The molecular formula is C22H25ClN4O3. The predicted molar refractivity (Wildman–Crippen MR) is 120 cm³/mol. The van der Waals surface area contributed by atoms with E-state index in [4.69, 9.17) is 11.6 Å². The van der Waals surface area contributed by atoms with Gasteiger partial charge in [0.1, 0.15) is 0 Å². The van der Waals surface area contributed by atoms with Gasteiger partial charge in [-0.1, -0.05) is 43.6 Å². The van der Waals surface area contributed by atoms with Gasteiger partial charge in [0.15, 0.2) is 0 Å². The maximum absolute atomic E-state index is 12.1. The molecule has 3 N–H and O–H groups in total. The third-order valence-corrected chi connectivity index (χ3v) is 4.76. The summed E-state index contributed by atoms with van der Waals surface area (Å²) in [5.74, 6) is -1.69. The van der Waals surface area contributed by atoms with Crippen LogP contribution in [0.2, 0.25) is 5.02 Å². The van der Waals surface area contributed by atoms with Crippen molar-refractivity contribution in [2.45, 2.75) is 40.0 Å². The zero-order valence-electron chi connectivity index (χ0n) is 17.4. The van der Waals surface area contributed by atoms with Crippen LogP contribution in [0, 0.1) is 6.92 Å². The number of rotatable bonds is 6. The molecule has 0 fully saturated rings. The molecular weight excluding hydrogens is 404 g/mol. The van der Waals surface area contributed by atoms with Crippen LogP contribution in [-0.2, 0) is 14.4 Å². The number of nitrogens with one attached hydrogen (secondary N) is 3. The van der Waals surface area contributed by atoms with E-state index in [2.05, 4.69) is 35.0 Å². The van der Waals surface area contributed by atoms with E-state index in [9.17, 15) is 14.4 Å². The summed E-state index contributed by atoms with van der Waals surface area (Å²) in [6.45, 7) is 7.50. The third-order valence-electron chi connectivity index (χ3n) is 4.35. The van der Waals surface area contributed by atoms with Gasteiger partial charge in [-0.2, -0.15) is 5.10 Å². The molecule has 0 aliphatic carbocycles. The minimum atomic E-state index is -0.946. The first-order chi connectivity index (χ1) is 14.2. The molecule has 0 aliphatic rings. The molecule has 2 rings (SSSR count). The lowest BCUT2D eigenvalue weighted by molar-refractivity contribution is -0.136. The van der Waals surface area contributed by atoms with Crippen LogP contribution in [0.3, 0.4) is 0 Å². The number of amides is 3. The predicted octanol–water partition coefficient (Wildman–Crippen LogP) is 4.23. The van der Waals surface area contributed by atoms with E-state index in [0.29, 0.717) is 33.6 Å². The summed E-state index contributed by atoms with van der Waals surface area (Å²) in [6.07, 6.45) is -0.0266. The monoisotopic (exact) mass is 428 g/mol. The van der Waals surface area contributed by atoms with Crippen molar-refractivity contribution < 1.29 is 14.4 Å². The number of carbonyl (C=O) groups excluding carboxylic acids is 3. The topological polar surface area (TPSA) is 99.7 Å². The van der Waals surface area contributed by atoms with E-state index < -0.39 is 11.8 Å². The smallest absolute Gasteiger partial charge is 0.326 e. The molecule has 0 saturated carbocycles. The average molecular weight is 429 g/mol. The molecule has 0 atom stereocenters. The molecule has 2 aromatic rings. The molecule has 0 heterocycles. The van der Waals surface area contributed by atoms with Crippen LogP contribution in [0.4, 0.5) is 11.4 Å². The standard InChI is InChI=1S/C22H25ClN4O3/c1-13(2)16-8-10-17(11-9-16)24-20(28)12-14(3)26-27-22(30)21(29)25-19-7-5-6-18(23)15(19)4/h5-11,13H,12H2,1-4H3,(H,24,28)(H,25,29)(H,27,30)/b26-14+. The lowest BCUT2D eigenvalue weighted by atomic mass is 10.0. The minimum Gasteiger partial charge on any atom is -0.326 e. The Labute approximate surface area is 180 Å². The molecule has 0 bridgehead atoms. The SMILES string of the molecule is C/C(CC(=O)Nc1ccc(C(C)C)cc1)=N\NC(=O)C(=O)Nc1cccc(Cl)c1C. The molecule has 30 heavy (non-hydrogen) atoms. The zero-order valence-corrected chi connectivity index (χ0v) is 18.1. The second kappa shape index (κ2) is 10.5. The molecule has 3 amide bonds. The summed E-state index contributed by atoms with van der Waals surface area (Å²) in [5, 5.41) is 9.54. The Morgan fingerprint density at radius 3 is 2.30 bits per heavy atom. The van der Waals surface area contributed by atoms with Crippen LogP contribution in [0.1, 0.15) is 44.2 Å². The molecule has 0 aromatic heterocycles. The van der Waals surface area contributed by atoms with Crippen LogP contribution < -0.4 is 16.1 Å². The average Bonchev–Trinajstić information content (AvgIpc) is 2.69. The van der Waals surface area contributed by atoms with Gasteiger partial charge in [0.05, 0.1) is 6.42 Å². The van der Waals surface area contributed by atoms with E-state index in [1.54, 1.807) is 32.0 Å². The van der Waals surface area contributed by atoms with Crippen molar-refractivity contribution in [2.75, 3.05) is 10.6 Å². The number of anilines is 2. The van der Waals surface area contributed by atoms with Gasteiger partial charge in [-0.15, -0.1) is 0 Å². The van der Waals surface area contributed by atoms with Crippen molar-refractivity contribution in [3.8, 4) is 0 Å².